The molecule has 42 heavy (non-hydrogen) atoms. The Kier molecular flexibility index (Phi) is 10.7. The number of pyridine rings is 3. The van der Waals surface area contributed by atoms with Crippen LogP contribution < -0.4 is 16.3 Å². The first-order valence-electron chi connectivity index (χ1n) is 14.9. The van der Waals surface area contributed by atoms with Gasteiger partial charge in [-0.1, -0.05) is 124 Å². The molecule has 0 saturated heterocycles. The van der Waals surface area contributed by atoms with E-state index in [2.05, 4.69) is 117 Å². The highest BCUT2D eigenvalue weighted by Crippen LogP contribution is 2.59. The van der Waals surface area contributed by atoms with E-state index in [1.807, 2.05) is 36.8 Å². The fraction of sp³-hybridized carbons (Fsp3) is 0.417. The second-order valence-corrected chi connectivity index (χ2v) is 18.5. The first-order valence-corrected chi connectivity index (χ1v) is 18.1. The predicted octanol–water partition coefficient (Wildman–Crippen LogP) is 9.15. The van der Waals surface area contributed by atoms with E-state index in [1.54, 1.807) is 0 Å². The van der Waals surface area contributed by atoms with Gasteiger partial charge in [0.05, 0.1) is 16.3 Å². The number of aromatic nitrogens is 3. The van der Waals surface area contributed by atoms with Gasteiger partial charge in [0, 0.05) is 35.6 Å². The molecule has 6 atom stereocenters. The van der Waals surface area contributed by atoms with Crippen molar-refractivity contribution >= 4 is 42.0 Å². The van der Waals surface area contributed by atoms with E-state index in [4.69, 9.17) is 15.0 Å². The summed E-state index contributed by atoms with van der Waals surface area (Å²) in [5, 5.41) is 0. The lowest BCUT2D eigenvalue weighted by atomic mass is 9.76. The van der Waals surface area contributed by atoms with Gasteiger partial charge in [-0.2, -0.15) is 0 Å². The molecule has 0 amide bonds. The normalized spacial score (nSPS) is 15.6. The van der Waals surface area contributed by atoms with E-state index in [0.29, 0.717) is 42.7 Å². The number of hydrogen-bond acceptors (Lipinski definition) is 3. The summed E-state index contributed by atoms with van der Waals surface area (Å²) in [6.45, 7) is 21.6. The average molecular weight is 616 g/mol. The first kappa shape index (κ1) is 32.9. The van der Waals surface area contributed by atoms with Gasteiger partial charge in [-0.3, -0.25) is 15.0 Å². The van der Waals surface area contributed by atoms with Crippen LogP contribution in [0.5, 0.6) is 0 Å². The Bertz CT molecular complexity index is 1330. The molecule has 1 aromatic carbocycles. The zero-order valence-electron chi connectivity index (χ0n) is 26.7. The van der Waals surface area contributed by atoms with Gasteiger partial charge in [0.25, 0.3) is 0 Å². The highest BCUT2D eigenvalue weighted by molar-refractivity contribution is 7.48. The lowest BCUT2D eigenvalue weighted by Crippen LogP contribution is -2.27. The Morgan fingerprint density at radius 3 is 1.05 bits per heavy atom. The van der Waals surface area contributed by atoms with Crippen molar-refractivity contribution in [3.8, 4) is 0 Å². The third-order valence-electron chi connectivity index (χ3n) is 7.55. The summed E-state index contributed by atoms with van der Waals surface area (Å²) in [7, 11) is 1.73. The molecule has 0 saturated carbocycles. The van der Waals surface area contributed by atoms with Crippen molar-refractivity contribution in [2.45, 2.75) is 79.3 Å². The van der Waals surface area contributed by atoms with Crippen LogP contribution in [0.4, 0.5) is 0 Å². The Morgan fingerprint density at radius 2 is 0.762 bits per heavy atom. The van der Waals surface area contributed by atoms with Crippen molar-refractivity contribution < 1.29 is 0 Å². The van der Waals surface area contributed by atoms with Crippen LogP contribution in [-0.4, -0.2) is 15.0 Å². The minimum absolute atomic E-state index is 0.0356. The van der Waals surface area contributed by atoms with Gasteiger partial charge in [-0.25, -0.2) is 0 Å². The molecule has 0 aliphatic heterocycles. The van der Waals surface area contributed by atoms with Crippen LogP contribution >= 0.6 is 25.7 Å². The minimum atomic E-state index is 0.0356. The summed E-state index contributed by atoms with van der Waals surface area (Å²) >= 11 is 0. The van der Waals surface area contributed by atoms with Gasteiger partial charge in [0.15, 0.2) is 0 Å². The van der Waals surface area contributed by atoms with Gasteiger partial charge in [0.2, 0.25) is 0 Å². The third-order valence-corrected chi connectivity index (χ3v) is 13.7. The second kappa shape index (κ2) is 13.7. The first-order chi connectivity index (χ1) is 19.7. The van der Waals surface area contributed by atoms with Crippen molar-refractivity contribution in [3.05, 3.63) is 108 Å². The molecule has 6 heteroatoms. The van der Waals surface area contributed by atoms with Crippen LogP contribution in [0.15, 0.2) is 91.4 Å². The monoisotopic (exact) mass is 615 g/mol. The van der Waals surface area contributed by atoms with Crippen LogP contribution in [-0.2, 0) is 0 Å². The van der Waals surface area contributed by atoms with E-state index in [0.717, 1.165) is 0 Å². The minimum Gasteiger partial charge on any atom is -0.257 e. The van der Waals surface area contributed by atoms with E-state index in [1.165, 1.54) is 33.0 Å². The van der Waals surface area contributed by atoms with Crippen LogP contribution in [0, 0.1) is 16.2 Å². The maximum Gasteiger partial charge on any atom is 0.0606 e. The molecular formula is C36H48N3P3. The summed E-state index contributed by atoms with van der Waals surface area (Å²) in [4.78, 5) is 14.4. The molecule has 4 aromatic rings. The predicted molar refractivity (Wildman–Crippen MR) is 190 cm³/mol. The van der Waals surface area contributed by atoms with Gasteiger partial charge in [0.1, 0.15) is 0 Å². The van der Waals surface area contributed by atoms with Crippen molar-refractivity contribution in [1.82, 2.24) is 15.0 Å². The molecule has 0 spiro atoms. The Morgan fingerprint density at radius 1 is 0.429 bits per heavy atom. The quantitative estimate of drug-likeness (QED) is 0.176. The SMILES string of the molecule is CC(C)(C)C(Pc1ccccn1)c1cccc(C(Pc2ccccn2)C(C)(C)C)c1C(Pc1ccccn1)C(C)(C)C. The van der Waals surface area contributed by atoms with E-state index in [-0.39, 0.29) is 16.2 Å². The van der Waals surface area contributed by atoms with E-state index >= 15 is 0 Å². The van der Waals surface area contributed by atoms with Crippen molar-refractivity contribution in [3.63, 3.8) is 0 Å². The van der Waals surface area contributed by atoms with E-state index < -0.39 is 0 Å². The number of benzene rings is 1. The second-order valence-electron chi connectivity index (χ2n) is 14.3. The maximum absolute atomic E-state index is 4.84. The molecular weight excluding hydrogens is 567 g/mol. The molecule has 6 unspecified atom stereocenters. The van der Waals surface area contributed by atoms with Crippen molar-refractivity contribution in [2.24, 2.45) is 16.2 Å². The zero-order valence-corrected chi connectivity index (χ0v) is 29.7. The molecule has 222 valence electrons. The molecule has 4 rings (SSSR count). The van der Waals surface area contributed by atoms with Gasteiger partial charge < -0.3 is 0 Å². The molecule has 0 N–H and O–H groups in total. The zero-order chi connectivity index (χ0) is 30.5. The van der Waals surface area contributed by atoms with Crippen LogP contribution in [0.25, 0.3) is 0 Å². The lowest BCUT2D eigenvalue weighted by Gasteiger charge is -2.41. The molecule has 0 radical (unpaired) electrons. The molecule has 3 nitrogen and oxygen atoms in total. The summed E-state index contributed by atoms with van der Waals surface area (Å²) in [5.74, 6) is 0. The molecule has 0 fully saturated rings. The highest BCUT2D eigenvalue weighted by Gasteiger charge is 2.39. The Hall–Kier alpha value is -2.04. The fourth-order valence-corrected chi connectivity index (χ4v) is 9.97. The van der Waals surface area contributed by atoms with E-state index in [9.17, 15) is 0 Å². The molecule has 0 bridgehead atoms. The number of nitrogens with zero attached hydrogens (tertiary/aromatic N) is 3. The van der Waals surface area contributed by atoms with Gasteiger partial charge in [-0.05, 0) is 69.3 Å². The van der Waals surface area contributed by atoms with Crippen molar-refractivity contribution in [2.75, 3.05) is 0 Å². The topological polar surface area (TPSA) is 38.7 Å². The summed E-state index contributed by atoms with van der Waals surface area (Å²) in [5.41, 5.74) is 9.15. The lowest BCUT2D eigenvalue weighted by molar-refractivity contribution is 0.369. The summed E-state index contributed by atoms with van der Waals surface area (Å²) < 4.78 is 0. The molecule has 3 aromatic heterocycles. The number of rotatable bonds is 9. The fourth-order valence-electron chi connectivity index (χ4n) is 5.47. The van der Waals surface area contributed by atoms with Gasteiger partial charge in [-0.15, -0.1) is 0 Å². The smallest absolute Gasteiger partial charge is 0.0606 e. The largest absolute Gasteiger partial charge is 0.257 e. The third kappa shape index (κ3) is 8.53. The Balaban J connectivity index is 2.00. The van der Waals surface area contributed by atoms with Crippen molar-refractivity contribution in [1.29, 1.82) is 0 Å². The molecule has 0 aliphatic rings. The summed E-state index contributed by atoms with van der Waals surface area (Å²) in [6, 6.07) is 26.2. The van der Waals surface area contributed by atoms with Crippen LogP contribution in [0.2, 0.25) is 0 Å². The average Bonchev–Trinajstić information content (AvgIpc) is 2.93. The number of hydrogen-bond donors (Lipinski definition) is 0. The van der Waals surface area contributed by atoms with Gasteiger partial charge >= 0.3 is 0 Å². The standard InChI is InChI=1S/C36H48N3P3/c1-34(2,3)31(40-27-19-10-13-22-37-27)25-17-16-18-26(32(35(4,5)6)41-28-20-11-14-23-38-28)30(25)33(36(7,8)9)42-29-21-12-15-24-39-29/h10-24,31-33,40-42H,1-9H3. The maximum atomic E-state index is 4.84. The van der Waals surface area contributed by atoms with Crippen LogP contribution in [0.3, 0.4) is 0 Å². The highest BCUT2D eigenvalue weighted by atomic mass is 31.1. The molecule has 3 heterocycles. The summed E-state index contributed by atoms with van der Waals surface area (Å²) in [6.07, 6.45) is 5.81. The molecule has 0 aliphatic carbocycles. The Labute approximate surface area is 259 Å². The van der Waals surface area contributed by atoms with Crippen LogP contribution in [0.1, 0.15) is 96.0 Å².